The van der Waals surface area contributed by atoms with E-state index in [0.717, 1.165) is 0 Å². The Bertz CT molecular complexity index is 408. The molecule has 0 saturated carbocycles. The second-order valence-electron chi connectivity index (χ2n) is 3.64. The highest BCUT2D eigenvalue weighted by Gasteiger charge is 2.31. The van der Waals surface area contributed by atoms with E-state index in [0.29, 0.717) is 0 Å². The molecule has 2 unspecified atom stereocenters. The molecular formula is C10H10F5NO. The van der Waals surface area contributed by atoms with Gasteiger partial charge in [-0.05, 0) is 12.5 Å². The maximum Gasteiger partial charge on any atom is 0.200 e. The van der Waals surface area contributed by atoms with Gasteiger partial charge in [-0.1, -0.05) is 6.92 Å². The number of benzene rings is 1. The summed E-state index contributed by atoms with van der Waals surface area (Å²) in [5.74, 6) is -11.3. The fraction of sp³-hybridized carbons (Fsp3) is 0.400. The fourth-order valence-electron chi connectivity index (χ4n) is 1.29. The van der Waals surface area contributed by atoms with Crippen LogP contribution in [0.5, 0.6) is 0 Å². The number of hydrogen-bond donors (Lipinski definition) is 2. The van der Waals surface area contributed by atoms with E-state index < -0.39 is 46.7 Å². The standard InChI is InChI=1S/C10H10F5NO/c1-3(2-16)10(17)4-5(11)7(13)9(15)8(14)6(4)12/h3,10,17H,2,16H2,1H3. The summed E-state index contributed by atoms with van der Waals surface area (Å²) >= 11 is 0. The molecule has 0 aliphatic carbocycles. The van der Waals surface area contributed by atoms with Crippen molar-refractivity contribution in [3.8, 4) is 0 Å². The molecule has 1 aromatic rings. The maximum atomic E-state index is 13.2. The van der Waals surface area contributed by atoms with Crippen LogP contribution in [0.1, 0.15) is 18.6 Å². The van der Waals surface area contributed by atoms with Crippen LogP contribution in [0.4, 0.5) is 22.0 Å². The van der Waals surface area contributed by atoms with Crippen molar-refractivity contribution in [3.63, 3.8) is 0 Å². The van der Waals surface area contributed by atoms with E-state index in [4.69, 9.17) is 5.73 Å². The van der Waals surface area contributed by atoms with E-state index in [2.05, 4.69) is 0 Å². The molecule has 3 N–H and O–H groups in total. The molecule has 1 aromatic carbocycles. The molecule has 0 saturated heterocycles. The predicted octanol–water partition coefficient (Wildman–Crippen LogP) is 2.01. The molecule has 0 bridgehead atoms. The summed E-state index contributed by atoms with van der Waals surface area (Å²) < 4.78 is 64.8. The number of aliphatic hydroxyl groups excluding tert-OH is 1. The topological polar surface area (TPSA) is 46.2 Å². The van der Waals surface area contributed by atoms with Crippen LogP contribution in [-0.4, -0.2) is 11.7 Å². The lowest BCUT2D eigenvalue weighted by Crippen LogP contribution is -2.22. The summed E-state index contributed by atoms with van der Waals surface area (Å²) in [4.78, 5) is 0. The molecule has 0 aliphatic heterocycles. The highest BCUT2D eigenvalue weighted by atomic mass is 19.2. The van der Waals surface area contributed by atoms with Crippen LogP contribution >= 0.6 is 0 Å². The lowest BCUT2D eigenvalue weighted by Gasteiger charge is -2.19. The van der Waals surface area contributed by atoms with E-state index >= 15 is 0 Å². The van der Waals surface area contributed by atoms with E-state index in [1.807, 2.05) is 0 Å². The molecule has 0 radical (unpaired) electrons. The van der Waals surface area contributed by atoms with E-state index in [9.17, 15) is 27.1 Å². The Kier molecular flexibility index (Phi) is 4.05. The van der Waals surface area contributed by atoms with Gasteiger partial charge in [-0.25, -0.2) is 22.0 Å². The largest absolute Gasteiger partial charge is 0.388 e. The Balaban J connectivity index is 3.44. The Morgan fingerprint density at radius 2 is 1.29 bits per heavy atom. The zero-order valence-corrected chi connectivity index (χ0v) is 8.78. The first-order valence-corrected chi connectivity index (χ1v) is 4.72. The lowest BCUT2D eigenvalue weighted by atomic mass is 9.96. The zero-order valence-electron chi connectivity index (χ0n) is 8.78. The third kappa shape index (κ3) is 2.25. The highest BCUT2D eigenvalue weighted by molar-refractivity contribution is 5.26. The van der Waals surface area contributed by atoms with Gasteiger partial charge in [0, 0.05) is 0 Å². The molecule has 7 heteroatoms. The monoisotopic (exact) mass is 255 g/mol. The van der Waals surface area contributed by atoms with Crippen molar-refractivity contribution in [1.29, 1.82) is 0 Å². The van der Waals surface area contributed by atoms with Crippen LogP contribution < -0.4 is 5.73 Å². The number of aliphatic hydroxyl groups is 1. The van der Waals surface area contributed by atoms with Gasteiger partial charge in [0.1, 0.15) is 0 Å². The first kappa shape index (κ1) is 13.9. The summed E-state index contributed by atoms with van der Waals surface area (Å²) in [5.41, 5.74) is 3.90. The molecule has 0 aliphatic rings. The summed E-state index contributed by atoms with van der Waals surface area (Å²) in [5, 5.41) is 9.47. The van der Waals surface area contributed by atoms with Crippen molar-refractivity contribution in [2.24, 2.45) is 11.7 Å². The number of nitrogens with two attached hydrogens (primary N) is 1. The van der Waals surface area contributed by atoms with Crippen molar-refractivity contribution in [2.75, 3.05) is 6.54 Å². The Morgan fingerprint density at radius 1 is 0.941 bits per heavy atom. The second kappa shape index (κ2) is 4.97. The smallest absolute Gasteiger partial charge is 0.200 e. The van der Waals surface area contributed by atoms with Gasteiger partial charge in [0.2, 0.25) is 5.82 Å². The van der Waals surface area contributed by atoms with Gasteiger partial charge in [0.05, 0.1) is 11.7 Å². The van der Waals surface area contributed by atoms with Crippen molar-refractivity contribution in [2.45, 2.75) is 13.0 Å². The Morgan fingerprint density at radius 3 is 1.65 bits per heavy atom. The molecule has 1 rings (SSSR count). The van der Waals surface area contributed by atoms with Crippen LogP contribution in [0, 0.1) is 35.0 Å². The molecule has 0 heterocycles. The molecule has 2 atom stereocenters. The average Bonchev–Trinajstić information content (AvgIpc) is 2.32. The van der Waals surface area contributed by atoms with Gasteiger partial charge in [-0.3, -0.25) is 0 Å². The molecule has 17 heavy (non-hydrogen) atoms. The third-order valence-electron chi connectivity index (χ3n) is 2.45. The third-order valence-corrected chi connectivity index (χ3v) is 2.45. The predicted molar refractivity (Wildman–Crippen MR) is 49.4 cm³/mol. The Hall–Kier alpha value is -1.21. The fourth-order valence-corrected chi connectivity index (χ4v) is 1.29. The van der Waals surface area contributed by atoms with Crippen LogP contribution in [0.15, 0.2) is 0 Å². The highest BCUT2D eigenvalue weighted by Crippen LogP contribution is 2.31. The minimum absolute atomic E-state index is 0.166. The first-order valence-electron chi connectivity index (χ1n) is 4.72. The van der Waals surface area contributed by atoms with Gasteiger partial charge in [0.25, 0.3) is 0 Å². The summed E-state index contributed by atoms with van der Waals surface area (Å²) in [6.07, 6.45) is -1.86. The van der Waals surface area contributed by atoms with Gasteiger partial charge in [0.15, 0.2) is 23.3 Å². The molecule has 0 amide bonds. The molecule has 2 nitrogen and oxygen atoms in total. The number of hydrogen-bond acceptors (Lipinski definition) is 2. The van der Waals surface area contributed by atoms with Gasteiger partial charge >= 0.3 is 0 Å². The van der Waals surface area contributed by atoms with Gasteiger partial charge in [-0.2, -0.15) is 0 Å². The zero-order chi connectivity index (χ0) is 13.3. The van der Waals surface area contributed by atoms with Crippen LogP contribution in [0.25, 0.3) is 0 Å². The number of halogens is 5. The molecule has 96 valence electrons. The van der Waals surface area contributed by atoms with E-state index in [1.54, 1.807) is 0 Å². The van der Waals surface area contributed by atoms with Crippen molar-refractivity contribution < 1.29 is 27.1 Å². The first-order chi connectivity index (χ1) is 7.82. The van der Waals surface area contributed by atoms with Crippen LogP contribution in [0.3, 0.4) is 0 Å². The average molecular weight is 255 g/mol. The number of rotatable bonds is 3. The summed E-state index contributed by atoms with van der Waals surface area (Å²) in [6, 6.07) is 0. The SMILES string of the molecule is CC(CN)C(O)c1c(F)c(F)c(F)c(F)c1F. The maximum absolute atomic E-state index is 13.2. The minimum Gasteiger partial charge on any atom is -0.388 e. The molecule has 0 spiro atoms. The molecule has 0 fully saturated rings. The van der Waals surface area contributed by atoms with Gasteiger partial charge in [-0.15, -0.1) is 0 Å². The van der Waals surface area contributed by atoms with E-state index in [-0.39, 0.29) is 6.54 Å². The summed E-state index contributed by atoms with van der Waals surface area (Å²) in [7, 11) is 0. The molecular weight excluding hydrogens is 245 g/mol. The normalized spacial score (nSPS) is 14.8. The summed E-state index contributed by atoms with van der Waals surface area (Å²) in [6.45, 7) is 1.16. The quantitative estimate of drug-likeness (QED) is 0.493. The minimum atomic E-state index is -2.25. The lowest BCUT2D eigenvalue weighted by molar-refractivity contribution is 0.110. The van der Waals surface area contributed by atoms with Gasteiger partial charge < -0.3 is 10.8 Å². The van der Waals surface area contributed by atoms with Crippen molar-refractivity contribution in [1.82, 2.24) is 0 Å². The van der Waals surface area contributed by atoms with Crippen LogP contribution in [-0.2, 0) is 0 Å². The Labute approximate surface area is 93.9 Å². The second-order valence-corrected chi connectivity index (χ2v) is 3.64. The van der Waals surface area contributed by atoms with E-state index in [1.165, 1.54) is 6.92 Å². The van der Waals surface area contributed by atoms with Crippen molar-refractivity contribution >= 4 is 0 Å². The van der Waals surface area contributed by atoms with Crippen LogP contribution in [0.2, 0.25) is 0 Å². The molecule has 0 aromatic heterocycles. The van der Waals surface area contributed by atoms with Crippen molar-refractivity contribution in [3.05, 3.63) is 34.6 Å².